The Morgan fingerprint density at radius 3 is 2.63 bits per heavy atom. The number of carbonyl (C=O) groups excluding carboxylic acids is 1. The number of carbonyl (C=O) groups is 1. The molecule has 1 aromatic carbocycles. The monoisotopic (exact) mass is 261 g/mol. The normalized spacial score (nSPS) is 23.4. The van der Waals surface area contributed by atoms with Crippen LogP contribution in [0.4, 0.5) is 5.69 Å². The van der Waals surface area contributed by atoms with E-state index in [0.717, 1.165) is 25.1 Å². The fourth-order valence-electron chi connectivity index (χ4n) is 2.64. The van der Waals surface area contributed by atoms with E-state index in [9.17, 15) is 4.79 Å². The van der Waals surface area contributed by atoms with Crippen molar-refractivity contribution < 1.29 is 9.53 Å². The summed E-state index contributed by atoms with van der Waals surface area (Å²) in [4.78, 5) is 14.0. The van der Waals surface area contributed by atoms with E-state index in [1.54, 1.807) is 7.11 Å². The van der Waals surface area contributed by atoms with Crippen molar-refractivity contribution in [2.24, 2.45) is 5.92 Å². The van der Waals surface area contributed by atoms with Gasteiger partial charge in [-0.3, -0.25) is 4.79 Å². The zero-order valence-corrected chi connectivity index (χ0v) is 12.1. The van der Waals surface area contributed by atoms with Crippen molar-refractivity contribution in [2.45, 2.75) is 32.8 Å². The van der Waals surface area contributed by atoms with Crippen molar-refractivity contribution in [3.05, 3.63) is 29.8 Å². The molecule has 3 heteroatoms. The molecule has 19 heavy (non-hydrogen) atoms. The first-order chi connectivity index (χ1) is 9.15. The van der Waals surface area contributed by atoms with Crippen LogP contribution in [0.3, 0.4) is 0 Å². The van der Waals surface area contributed by atoms with Gasteiger partial charge in [0.25, 0.3) is 0 Å². The molecule has 0 aromatic heterocycles. The first-order valence-electron chi connectivity index (χ1n) is 7.06. The highest BCUT2D eigenvalue weighted by atomic mass is 16.5. The highest BCUT2D eigenvalue weighted by Crippen LogP contribution is 2.25. The van der Waals surface area contributed by atoms with Crippen LogP contribution in [0.5, 0.6) is 0 Å². The fourth-order valence-corrected chi connectivity index (χ4v) is 2.64. The van der Waals surface area contributed by atoms with E-state index in [1.165, 1.54) is 5.69 Å². The number of Topliss-reactive ketones (excluding diaryl/α,β-unsaturated/α-hetero) is 1. The Morgan fingerprint density at radius 1 is 1.37 bits per heavy atom. The standard InChI is InChI=1S/C16H23NO2/c1-4-15(18)13-5-7-14(8-6-13)17-10-9-12(2)16(11-17)19-3/h5-8,12,16H,4,9-11H2,1-3H3. The summed E-state index contributed by atoms with van der Waals surface area (Å²) >= 11 is 0. The Morgan fingerprint density at radius 2 is 2.05 bits per heavy atom. The summed E-state index contributed by atoms with van der Waals surface area (Å²) in [5.74, 6) is 0.816. The Bertz CT molecular complexity index is 427. The van der Waals surface area contributed by atoms with E-state index in [1.807, 2.05) is 31.2 Å². The molecule has 1 fully saturated rings. The zero-order chi connectivity index (χ0) is 13.8. The molecule has 2 unspecified atom stereocenters. The average molecular weight is 261 g/mol. The highest BCUT2D eigenvalue weighted by molar-refractivity contribution is 5.96. The number of ketones is 1. The Kier molecular flexibility index (Phi) is 4.59. The molecule has 0 spiro atoms. The second-order valence-electron chi connectivity index (χ2n) is 5.31. The van der Waals surface area contributed by atoms with Gasteiger partial charge in [-0.25, -0.2) is 0 Å². The summed E-state index contributed by atoms with van der Waals surface area (Å²) in [6.45, 7) is 6.13. The van der Waals surface area contributed by atoms with Gasteiger partial charge in [0.15, 0.2) is 5.78 Å². The van der Waals surface area contributed by atoms with E-state index in [2.05, 4.69) is 11.8 Å². The van der Waals surface area contributed by atoms with Crippen LogP contribution in [-0.4, -0.2) is 32.1 Å². The molecule has 0 amide bonds. The van der Waals surface area contributed by atoms with Gasteiger partial charge >= 0.3 is 0 Å². The molecule has 1 heterocycles. The van der Waals surface area contributed by atoms with Crippen LogP contribution < -0.4 is 4.90 Å². The molecule has 1 saturated heterocycles. The largest absolute Gasteiger partial charge is 0.379 e. The number of piperidine rings is 1. The molecule has 2 rings (SSSR count). The molecule has 104 valence electrons. The van der Waals surface area contributed by atoms with Crippen molar-refractivity contribution >= 4 is 11.5 Å². The molecule has 1 aliphatic rings. The van der Waals surface area contributed by atoms with Crippen LogP contribution in [0.25, 0.3) is 0 Å². The summed E-state index contributed by atoms with van der Waals surface area (Å²) in [5.41, 5.74) is 1.99. The van der Waals surface area contributed by atoms with Gasteiger partial charge in [-0.1, -0.05) is 13.8 Å². The molecule has 0 radical (unpaired) electrons. The van der Waals surface area contributed by atoms with Crippen LogP contribution in [0.1, 0.15) is 37.0 Å². The zero-order valence-electron chi connectivity index (χ0n) is 12.1. The number of hydrogen-bond acceptors (Lipinski definition) is 3. The number of rotatable bonds is 4. The van der Waals surface area contributed by atoms with E-state index in [0.29, 0.717) is 18.4 Å². The topological polar surface area (TPSA) is 29.5 Å². The summed E-state index contributed by atoms with van der Waals surface area (Å²) < 4.78 is 5.54. The smallest absolute Gasteiger partial charge is 0.162 e. The van der Waals surface area contributed by atoms with E-state index >= 15 is 0 Å². The number of methoxy groups -OCH3 is 1. The van der Waals surface area contributed by atoms with Gasteiger partial charge in [-0.15, -0.1) is 0 Å². The Labute approximate surface area is 115 Å². The van der Waals surface area contributed by atoms with Crippen molar-refractivity contribution in [3.63, 3.8) is 0 Å². The van der Waals surface area contributed by atoms with Crippen LogP contribution in [-0.2, 0) is 4.74 Å². The number of anilines is 1. The maximum Gasteiger partial charge on any atom is 0.162 e. The number of benzene rings is 1. The van der Waals surface area contributed by atoms with E-state index in [-0.39, 0.29) is 5.78 Å². The third-order valence-corrected chi connectivity index (χ3v) is 4.07. The molecule has 2 atom stereocenters. The first kappa shape index (κ1) is 14.1. The predicted molar refractivity (Wildman–Crippen MR) is 77.9 cm³/mol. The molecule has 0 bridgehead atoms. The van der Waals surface area contributed by atoms with Gasteiger partial charge in [0.2, 0.25) is 0 Å². The molecule has 3 nitrogen and oxygen atoms in total. The second-order valence-corrected chi connectivity index (χ2v) is 5.31. The SMILES string of the molecule is CCC(=O)c1ccc(N2CCC(C)C(OC)C2)cc1. The van der Waals surface area contributed by atoms with Crippen LogP contribution in [0, 0.1) is 5.92 Å². The summed E-state index contributed by atoms with van der Waals surface area (Å²) in [5, 5.41) is 0. The fraction of sp³-hybridized carbons (Fsp3) is 0.562. The van der Waals surface area contributed by atoms with Crippen LogP contribution in [0.15, 0.2) is 24.3 Å². The summed E-state index contributed by atoms with van der Waals surface area (Å²) in [6, 6.07) is 7.96. The Balaban J connectivity index is 2.08. The predicted octanol–water partition coefficient (Wildman–Crippen LogP) is 3.14. The lowest BCUT2D eigenvalue weighted by molar-refractivity contribution is 0.0498. The number of hydrogen-bond donors (Lipinski definition) is 0. The van der Waals surface area contributed by atoms with Crippen molar-refractivity contribution in [2.75, 3.05) is 25.1 Å². The van der Waals surface area contributed by atoms with Gasteiger partial charge in [0.1, 0.15) is 0 Å². The summed E-state index contributed by atoms with van der Waals surface area (Å²) in [6.07, 6.45) is 2.01. The maximum absolute atomic E-state index is 11.6. The first-order valence-corrected chi connectivity index (χ1v) is 7.06. The van der Waals surface area contributed by atoms with Crippen LogP contribution >= 0.6 is 0 Å². The van der Waals surface area contributed by atoms with E-state index < -0.39 is 0 Å². The van der Waals surface area contributed by atoms with Gasteiger partial charge in [-0.05, 0) is 36.6 Å². The molecule has 1 aromatic rings. The third-order valence-electron chi connectivity index (χ3n) is 4.07. The third kappa shape index (κ3) is 3.16. The minimum absolute atomic E-state index is 0.202. The second kappa shape index (κ2) is 6.20. The van der Waals surface area contributed by atoms with Crippen molar-refractivity contribution in [3.8, 4) is 0 Å². The molecule has 0 saturated carbocycles. The lowest BCUT2D eigenvalue weighted by Crippen LogP contribution is -2.43. The Hall–Kier alpha value is -1.35. The average Bonchev–Trinajstić information content (AvgIpc) is 2.47. The lowest BCUT2D eigenvalue weighted by Gasteiger charge is -2.37. The maximum atomic E-state index is 11.6. The van der Waals surface area contributed by atoms with Crippen LogP contribution in [0.2, 0.25) is 0 Å². The molecule has 0 aliphatic carbocycles. The molecular formula is C16H23NO2. The van der Waals surface area contributed by atoms with E-state index in [4.69, 9.17) is 4.74 Å². The molecule has 0 N–H and O–H groups in total. The summed E-state index contributed by atoms with van der Waals surface area (Å²) in [7, 11) is 1.79. The highest BCUT2D eigenvalue weighted by Gasteiger charge is 2.26. The van der Waals surface area contributed by atoms with Crippen molar-refractivity contribution in [1.29, 1.82) is 0 Å². The van der Waals surface area contributed by atoms with Crippen molar-refractivity contribution in [1.82, 2.24) is 0 Å². The minimum atomic E-state index is 0.202. The molecule has 1 aliphatic heterocycles. The molecular weight excluding hydrogens is 238 g/mol. The lowest BCUT2D eigenvalue weighted by atomic mass is 9.95. The number of nitrogens with zero attached hydrogens (tertiary/aromatic N) is 1. The minimum Gasteiger partial charge on any atom is -0.379 e. The number of ether oxygens (including phenoxy) is 1. The quantitative estimate of drug-likeness (QED) is 0.780. The van der Waals surface area contributed by atoms with Gasteiger partial charge in [0, 0.05) is 37.9 Å². The van der Waals surface area contributed by atoms with Gasteiger partial charge < -0.3 is 9.64 Å². The van der Waals surface area contributed by atoms with Gasteiger partial charge in [0.05, 0.1) is 6.10 Å². The van der Waals surface area contributed by atoms with Gasteiger partial charge in [-0.2, -0.15) is 0 Å².